The van der Waals surface area contributed by atoms with Gasteiger partial charge in [-0.1, -0.05) is 19.1 Å². The summed E-state index contributed by atoms with van der Waals surface area (Å²) in [5.74, 6) is 1.41. The number of halogens is 2. The van der Waals surface area contributed by atoms with Gasteiger partial charge in [-0.05, 0) is 31.1 Å². The minimum atomic E-state index is -0.00260. The largest absolute Gasteiger partial charge is 0.336 e. The van der Waals surface area contributed by atoms with Crippen molar-refractivity contribution < 1.29 is 4.79 Å². The van der Waals surface area contributed by atoms with Gasteiger partial charge in [0.25, 0.3) is 5.91 Å². The number of rotatable bonds is 6. The molecule has 0 aromatic carbocycles. The second-order valence-electron chi connectivity index (χ2n) is 7.51. The van der Waals surface area contributed by atoms with E-state index in [0.29, 0.717) is 30.7 Å². The standard InChI is InChI=1S/C17H30N6O.2ClH/c1-13(2)16-12-22(8-3-7-21(16)10-14-4-5-14)17(24)15-11-23(9-6-18)20-19-15;;/h11,13-14,16H,3-10,12,18H2,1-2H3;2*1H. The molecule has 1 saturated carbocycles. The monoisotopic (exact) mass is 406 g/mol. The molecule has 1 aromatic heterocycles. The number of hydrogen-bond acceptors (Lipinski definition) is 5. The molecule has 1 aliphatic carbocycles. The van der Waals surface area contributed by atoms with Crippen molar-refractivity contribution in [2.24, 2.45) is 17.6 Å². The summed E-state index contributed by atoms with van der Waals surface area (Å²) in [5, 5.41) is 8.03. The third-order valence-corrected chi connectivity index (χ3v) is 5.11. The number of amides is 1. The molecule has 1 saturated heterocycles. The zero-order chi connectivity index (χ0) is 17.1. The number of carbonyl (C=O) groups is 1. The molecular formula is C17H32Cl2N6O. The van der Waals surface area contributed by atoms with E-state index < -0.39 is 0 Å². The summed E-state index contributed by atoms with van der Waals surface area (Å²) in [6.45, 7) is 9.46. The van der Waals surface area contributed by atoms with Gasteiger partial charge < -0.3 is 10.6 Å². The van der Waals surface area contributed by atoms with Gasteiger partial charge in [-0.2, -0.15) is 0 Å². The van der Waals surface area contributed by atoms with Gasteiger partial charge in [-0.15, -0.1) is 29.9 Å². The van der Waals surface area contributed by atoms with E-state index in [1.165, 1.54) is 19.4 Å². The number of nitrogens with zero attached hydrogens (tertiary/aromatic N) is 5. The fourth-order valence-corrected chi connectivity index (χ4v) is 3.54. The molecule has 7 nitrogen and oxygen atoms in total. The van der Waals surface area contributed by atoms with Crippen molar-refractivity contribution in [3.05, 3.63) is 11.9 Å². The summed E-state index contributed by atoms with van der Waals surface area (Å²) >= 11 is 0. The van der Waals surface area contributed by atoms with E-state index >= 15 is 0 Å². The highest BCUT2D eigenvalue weighted by Crippen LogP contribution is 2.32. The number of nitrogens with two attached hydrogens (primary N) is 1. The predicted molar refractivity (Wildman–Crippen MR) is 107 cm³/mol. The van der Waals surface area contributed by atoms with Crippen LogP contribution in [-0.2, 0) is 6.54 Å². The molecule has 1 atom stereocenters. The molecule has 0 radical (unpaired) electrons. The second-order valence-corrected chi connectivity index (χ2v) is 7.51. The Morgan fingerprint density at radius 2 is 2.04 bits per heavy atom. The lowest BCUT2D eigenvalue weighted by Crippen LogP contribution is -2.46. The van der Waals surface area contributed by atoms with E-state index in [4.69, 9.17) is 5.73 Å². The molecule has 1 amide bonds. The van der Waals surface area contributed by atoms with Gasteiger partial charge in [0, 0.05) is 38.8 Å². The average Bonchev–Trinajstić information content (AvgIpc) is 3.29. The van der Waals surface area contributed by atoms with Gasteiger partial charge in [0.2, 0.25) is 0 Å². The lowest BCUT2D eigenvalue weighted by Gasteiger charge is -2.34. The highest BCUT2D eigenvalue weighted by molar-refractivity contribution is 5.92. The lowest BCUT2D eigenvalue weighted by atomic mass is 10.0. The fraction of sp³-hybridized carbons (Fsp3) is 0.824. The highest BCUT2D eigenvalue weighted by Gasteiger charge is 2.33. The van der Waals surface area contributed by atoms with E-state index in [1.54, 1.807) is 10.9 Å². The van der Waals surface area contributed by atoms with Crippen LogP contribution in [0.2, 0.25) is 0 Å². The summed E-state index contributed by atoms with van der Waals surface area (Å²) in [5.41, 5.74) is 5.96. The molecule has 0 bridgehead atoms. The Kier molecular flexibility index (Phi) is 9.30. The number of hydrogen-bond donors (Lipinski definition) is 1. The van der Waals surface area contributed by atoms with Gasteiger partial charge in [-0.25, -0.2) is 0 Å². The van der Waals surface area contributed by atoms with Crippen LogP contribution >= 0.6 is 24.8 Å². The minimum absolute atomic E-state index is 0. The van der Waals surface area contributed by atoms with E-state index in [0.717, 1.165) is 32.0 Å². The van der Waals surface area contributed by atoms with E-state index in [9.17, 15) is 4.79 Å². The van der Waals surface area contributed by atoms with Crippen LogP contribution in [-0.4, -0.2) is 69.5 Å². The van der Waals surface area contributed by atoms with Crippen LogP contribution in [0.1, 0.15) is 43.6 Å². The first-order valence-electron chi connectivity index (χ1n) is 9.22. The Labute approximate surface area is 168 Å². The number of aromatic nitrogens is 3. The van der Waals surface area contributed by atoms with E-state index in [2.05, 4.69) is 29.1 Å². The van der Waals surface area contributed by atoms with Crippen LogP contribution in [0.15, 0.2) is 6.20 Å². The van der Waals surface area contributed by atoms with Crippen LogP contribution in [0, 0.1) is 11.8 Å². The van der Waals surface area contributed by atoms with E-state index in [-0.39, 0.29) is 30.7 Å². The Bertz CT molecular complexity index is 563. The molecule has 150 valence electrons. The van der Waals surface area contributed by atoms with Crippen LogP contribution in [0.4, 0.5) is 0 Å². The van der Waals surface area contributed by atoms with Crippen LogP contribution in [0.25, 0.3) is 0 Å². The maximum atomic E-state index is 12.8. The van der Waals surface area contributed by atoms with Crippen molar-refractivity contribution >= 4 is 30.7 Å². The Morgan fingerprint density at radius 3 is 2.65 bits per heavy atom. The Balaban J connectivity index is 0.00000169. The molecule has 1 aliphatic heterocycles. The fourth-order valence-electron chi connectivity index (χ4n) is 3.54. The molecule has 26 heavy (non-hydrogen) atoms. The van der Waals surface area contributed by atoms with Crippen molar-refractivity contribution in [2.45, 2.75) is 45.7 Å². The van der Waals surface area contributed by atoms with Crippen molar-refractivity contribution in [1.82, 2.24) is 24.8 Å². The summed E-state index contributed by atoms with van der Waals surface area (Å²) in [7, 11) is 0. The van der Waals surface area contributed by atoms with Gasteiger partial charge in [0.1, 0.15) is 0 Å². The maximum Gasteiger partial charge on any atom is 0.276 e. The van der Waals surface area contributed by atoms with Crippen molar-refractivity contribution in [1.29, 1.82) is 0 Å². The quantitative estimate of drug-likeness (QED) is 0.776. The van der Waals surface area contributed by atoms with Gasteiger partial charge in [0.05, 0.1) is 12.7 Å². The van der Waals surface area contributed by atoms with Crippen LogP contribution in [0.3, 0.4) is 0 Å². The van der Waals surface area contributed by atoms with Crippen LogP contribution < -0.4 is 5.73 Å². The average molecular weight is 407 g/mol. The van der Waals surface area contributed by atoms with Crippen molar-refractivity contribution in [3.63, 3.8) is 0 Å². The zero-order valence-corrected chi connectivity index (χ0v) is 17.3. The van der Waals surface area contributed by atoms with E-state index in [1.807, 2.05) is 4.90 Å². The highest BCUT2D eigenvalue weighted by atomic mass is 35.5. The molecule has 9 heteroatoms. The Morgan fingerprint density at radius 1 is 1.31 bits per heavy atom. The normalized spacial score (nSPS) is 21.1. The van der Waals surface area contributed by atoms with Crippen molar-refractivity contribution in [2.75, 3.05) is 32.7 Å². The summed E-state index contributed by atoms with van der Waals surface area (Å²) in [6, 6.07) is 0.427. The van der Waals surface area contributed by atoms with Crippen molar-refractivity contribution in [3.8, 4) is 0 Å². The Hall–Kier alpha value is -0.890. The molecule has 2 heterocycles. The predicted octanol–water partition coefficient (Wildman–Crippen LogP) is 1.66. The smallest absolute Gasteiger partial charge is 0.276 e. The molecule has 2 fully saturated rings. The SMILES string of the molecule is CC(C)C1CN(C(=O)c2cn(CCN)nn2)CCCN1CC1CC1.Cl.Cl. The first-order chi connectivity index (χ1) is 11.6. The third kappa shape index (κ3) is 5.81. The number of carbonyl (C=O) groups excluding carboxylic acids is 1. The van der Waals surface area contributed by atoms with Gasteiger partial charge in [0.15, 0.2) is 5.69 Å². The second kappa shape index (κ2) is 10.4. The zero-order valence-electron chi connectivity index (χ0n) is 15.7. The first kappa shape index (κ1) is 23.1. The summed E-state index contributed by atoms with van der Waals surface area (Å²) in [6.07, 6.45) is 5.48. The van der Waals surface area contributed by atoms with Gasteiger partial charge in [-0.3, -0.25) is 14.4 Å². The molecule has 3 rings (SSSR count). The molecular weight excluding hydrogens is 375 g/mol. The first-order valence-corrected chi connectivity index (χ1v) is 9.22. The van der Waals surface area contributed by atoms with Gasteiger partial charge >= 0.3 is 0 Å². The summed E-state index contributed by atoms with van der Waals surface area (Å²) < 4.78 is 1.64. The third-order valence-electron chi connectivity index (χ3n) is 5.11. The molecule has 1 unspecified atom stereocenters. The topological polar surface area (TPSA) is 80.3 Å². The molecule has 0 spiro atoms. The van der Waals surface area contributed by atoms with Crippen LogP contribution in [0.5, 0.6) is 0 Å². The maximum absolute atomic E-state index is 12.8. The molecule has 1 aromatic rings. The minimum Gasteiger partial charge on any atom is -0.336 e. The molecule has 2 N–H and O–H groups in total. The summed E-state index contributed by atoms with van der Waals surface area (Å²) in [4.78, 5) is 17.4. The molecule has 2 aliphatic rings. The lowest BCUT2D eigenvalue weighted by molar-refractivity contribution is 0.0698.